The quantitative estimate of drug-likeness (QED) is 0.899. The van der Waals surface area contributed by atoms with Gasteiger partial charge in [0.1, 0.15) is 11.6 Å². The summed E-state index contributed by atoms with van der Waals surface area (Å²) in [6.07, 6.45) is 5.87. The molecule has 1 N–H and O–H groups in total. The van der Waals surface area contributed by atoms with Crippen LogP contribution in [0.3, 0.4) is 0 Å². The van der Waals surface area contributed by atoms with Gasteiger partial charge in [-0.15, -0.1) is 0 Å². The van der Waals surface area contributed by atoms with Gasteiger partial charge in [0.25, 0.3) is 0 Å². The van der Waals surface area contributed by atoms with Gasteiger partial charge in [0.2, 0.25) is 0 Å². The standard InChI is InChI=1S/C14H19N5/c1-2-15-9-12-3-4-13(17-10-12)19-8-7-18-6-5-16-14(18)11-19/h3-6,10,15H,2,7-9,11H2,1H3. The summed E-state index contributed by atoms with van der Waals surface area (Å²) in [5.74, 6) is 2.15. The molecule has 0 amide bonds. The SMILES string of the molecule is CCNCc1ccc(N2CCn3ccnc3C2)nc1. The summed E-state index contributed by atoms with van der Waals surface area (Å²) in [5.41, 5.74) is 1.23. The Morgan fingerprint density at radius 1 is 1.26 bits per heavy atom. The van der Waals surface area contributed by atoms with E-state index < -0.39 is 0 Å². The summed E-state index contributed by atoms with van der Waals surface area (Å²) in [4.78, 5) is 11.2. The predicted molar refractivity (Wildman–Crippen MR) is 74.9 cm³/mol. The number of fused-ring (bicyclic) bond motifs is 1. The highest BCUT2D eigenvalue weighted by Gasteiger charge is 2.17. The van der Waals surface area contributed by atoms with Crippen LogP contribution in [0.5, 0.6) is 0 Å². The third-order valence-corrected chi connectivity index (χ3v) is 3.46. The van der Waals surface area contributed by atoms with E-state index in [1.54, 1.807) is 0 Å². The summed E-state index contributed by atoms with van der Waals surface area (Å²) in [7, 11) is 0. The minimum Gasteiger partial charge on any atom is -0.347 e. The molecular formula is C14H19N5. The summed E-state index contributed by atoms with van der Waals surface area (Å²) >= 11 is 0. The number of hydrogen-bond donors (Lipinski definition) is 1. The van der Waals surface area contributed by atoms with Crippen LogP contribution < -0.4 is 10.2 Å². The summed E-state index contributed by atoms with van der Waals surface area (Å²) in [6, 6.07) is 4.25. The number of pyridine rings is 1. The normalized spacial score (nSPS) is 14.5. The lowest BCUT2D eigenvalue weighted by molar-refractivity contribution is 0.556. The average Bonchev–Trinajstić information content (AvgIpc) is 2.93. The van der Waals surface area contributed by atoms with Gasteiger partial charge in [0.05, 0.1) is 6.54 Å². The van der Waals surface area contributed by atoms with E-state index >= 15 is 0 Å². The fraction of sp³-hybridized carbons (Fsp3) is 0.429. The molecule has 0 radical (unpaired) electrons. The van der Waals surface area contributed by atoms with Gasteiger partial charge in [0, 0.05) is 38.2 Å². The van der Waals surface area contributed by atoms with E-state index in [-0.39, 0.29) is 0 Å². The number of rotatable bonds is 4. The van der Waals surface area contributed by atoms with E-state index in [2.05, 4.69) is 43.8 Å². The van der Waals surface area contributed by atoms with Crippen LogP contribution in [-0.4, -0.2) is 27.6 Å². The highest BCUT2D eigenvalue weighted by Crippen LogP contribution is 2.18. The largest absolute Gasteiger partial charge is 0.347 e. The lowest BCUT2D eigenvalue weighted by atomic mass is 10.2. The first-order valence-corrected chi connectivity index (χ1v) is 6.77. The molecule has 0 saturated carbocycles. The highest BCUT2D eigenvalue weighted by molar-refractivity contribution is 5.40. The lowest BCUT2D eigenvalue weighted by Gasteiger charge is -2.28. The molecule has 1 aliphatic rings. The van der Waals surface area contributed by atoms with Crippen molar-refractivity contribution in [2.45, 2.75) is 26.6 Å². The molecule has 2 aromatic rings. The van der Waals surface area contributed by atoms with Gasteiger partial charge in [-0.1, -0.05) is 13.0 Å². The molecule has 1 aliphatic heterocycles. The first-order valence-electron chi connectivity index (χ1n) is 6.77. The molecule has 5 nitrogen and oxygen atoms in total. The predicted octanol–water partition coefficient (Wildman–Crippen LogP) is 1.41. The van der Waals surface area contributed by atoms with Crippen LogP contribution in [0.4, 0.5) is 5.82 Å². The molecule has 0 aromatic carbocycles. The summed E-state index contributed by atoms with van der Waals surface area (Å²) in [5, 5.41) is 3.31. The Hall–Kier alpha value is -1.88. The van der Waals surface area contributed by atoms with Crippen LogP contribution in [0.25, 0.3) is 0 Å². The van der Waals surface area contributed by atoms with E-state index in [9.17, 15) is 0 Å². The van der Waals surface area contributed by atoms with Gasteiger partial charge in [-0.3, -0.25) is 0 Å². The van der Waals surface area contributed by atoms with Crippen molar-refractivity contribution >= 4 is 5.82 Å². The maximum absolute atomic E-state index is 4.56. The Balaban J connectivity index is 1.70. The molecule has 0 aliphatic carbocycles. The average molecular weight is 257 g/mol. The smallest absolute Gasteiger partial charge is 0.128 e. The summed E-state index contributed by atoms with van der Waals surface area (Å²) < 4.78 is 2.20. The molecular weight excluding hydrogens is 238 g/mol. The third-order valence-electron chi connectivity index (χ3n) is 3.46. The van der Waals surface area contributed by atoms with Gasteiger partial charge in [-0.25, -0.2) is 9.97 Å². The number of nitrogens with one attached hydrogen (secondary N) is 1. The Kier molecular flexibility index (Phi) is 3.46. The van der Waals surface area contributed by atoms with E-state index in [1.165, 1.54) is 5.56 Å². The van der Waals surface area contributed by atoms with Gasteiger partial charge >= 0.3 is 0 Å². The van der Waals surface area contributed by atoms with Crippen molar-refractivity contribution in [2.75, 3.05) is 18.0 Å². The lowest BCUT2D eigenvalue weighted by Crippen LogP contribution is -2.34. The number of imidazole rings is 1. The molecule has 0 atom stereocenters. The minimum atomic E-state index is 0.840. The monoisotopic (exact) mass is 257 g/mol. The van der Waals surface area contributed by atoms with Crippen molar-refractivity contribution in [1.82, 2.24) is 19.9 Å². The second-order valence-electron chi connectivity index (χ2n) is 4.76. The van der Waals surface area contributed by atoms with Crippen molar-refractivity contribution in [1.29, 1.82) is 0 Å². The van der Waals surface area contributed by atoms with Crippen molar-refractivity contribution in [2.24, 2.45) is 0 Å². The van der Waals surface area contributed by atoms with Crippen molar-refractivity contribution in [3.63, 3.8) is 0 Å². The van der Waals surface area contributed by atoms with Crippen LogP contribution in [0.1, 0.15) is 18.3 Å². The van der Waals surface area contributed by atoms with Crippen molar-refractivity contribution < 1.29 is 0 Å². The zero-order chi connectivity index (χ0) is 13.1. The number of nitrogens with zero attached hydrogens (tertiary/aromatic N) is 4. The molecule has 19 heavy (non-hydrogen) atoms. The van der Waals surface area contributed by atoms with E-state index in [0.717, 1.165) is 44.4 Å². The third kappa shape index (κ3) is 2.61. The van der Waals surface area contributed by atoms with Crippen LogP contribution in [0.2, 0.25) is 0 Å². The molecule has 3 rings (SSSR count). The summed E-state index contributed by atoms with van der Waals surface area (Å²) in [6.45, 7) is 6.79. The van der Waals surface area contributed by atoms with Crippen LogP contribution in [0.15, 0.2) is 30.7 Å². The van der Waals surface area contributed by atoms with E-state index in [4.69, 9.17) is 0 Å². The molecule has 0 bridgehead atoms. The number of aromatic nitrogens is 3. The van der Waals surface area contributed by atoms with Gasteiger partial charge in [0.15, 0.2) is 0 Å². The molecule has 3 heterocycles. The Morgan fingerprint density at radius 2 is 2.21 bits per heavy atom. The van der Waals surface area contributed by atoms with E-state index in [1.807, 2.05) is 18.6 Å². The molecule has 0 saturated heterocycles. The maximum atomic E-state index is 4.56. The topological polar surface area (TPSA) is 46.0 Å². The van der Waals surface area contributed by atoms with Crippen LogP contribution in [-0.2, 0) is 19.6 Å². The Labute approximate surface area is 113 Å². The molecule has 5 heteroatoms. The second-order valence-corrected chi connectivity index (χ2v) is 4.76. The van der Waals surface area contributed by atoms with Crippen LogP contribution in [0, 0.1) is 0 Å². The molecule has 0 spiro atoms. The first-order chi connectivity index (χ1) is 9.36. The molecule has 0 fully saturated rings. The molecule has 0 unspecified atom stereocenters. The first kappa shape index (κ1) is 12.2. The van der Waals surface area contributed by atoms with Gasteiger partial charge in [-0.05, 0) is 18.2 Å². The fourth-order valence-corrected chi connectivity index (χ4v) is 2.35. The minimum absolute atomic E-state index is 0.840. The van der Waals surface area contributed by atoms with Crippen LogP contribution >= 0.6 is 0 Å². The second kappa shape index (κ2) is 5.40. The zero-order valence-electron chi connectivity index (χ0n) is 11.2. The van der Waals surface area contributed by atoms with E-state index in [0.29, 0.717) is 0 Å². The fourth-order valence-electron chi connectivity index (χ4n) is 2.35. The highest BCUT2D eigenvalue weighted by atomic mass is 15.3. The Morgan fingerprint density at radius 3 is 3.00 bits per heavy atom. The van der Waals surface area contributed by atoms with Gasteiger partial charge in [-0.2, -0.15) is 0 Å². The zero-order valence-corrected chi connectivity index (χ0v) is 11.2. The molecule has 100 valence electrons. The number of hydrogen-bond acceptors (Lipinski definition) is 4. The Bertz CT molecular complexity index is 531. The number of anilines is 1. The van der Waals surface area contributed by atoms with Crippen molar-refractivity contribution in [3.8, 4) is 0 Å². The maximum Gasteiger partial charge on any atom is 0.128 e. The van der Waals surface area contributed by atoms with Crippen molar-refractivity contribution in [3.05, 3.63) is 42.1 Å². The molecule has 2 aromatic heterocycles. The van der Waals surface area contributed by atoms with Gasteiger partial charge < -0.3 is 14.8 Å².